The van der Waals surface area contributed by atoms with Gasteiger partial charge in [-0.2, -0.15) is 0 Å². The van der Waals surface area contributed by atoms with Gasteiger partial charge in [0.2, 0.25) is 5.78 Å². The van der Waals surface area contributed by atoms with Crippen LogP contribution in [0.1, 0.15) is 32.6 Å². The highest BCUT2D eigenvalue weighted by Gasteiger charge is 2.30. The molecular weight excluding hydrogens is 196 g/mol. The van der Waals surface area contributed by atoms with Crippen molar-refractivity contribution in [1.82, 2.24) is 0 Å². The molecule has 4 heteroatoms. The molecule has 0 bridgehead atoms. The molecule has 4 nitrogen and oxygen atoms in total. The summed E-state index contributed by atoms with van der Waals surface area (Å²) >= 11 is 0. The third-order valence-electron chi connectivity index (χ3n) is 2.85. The van der Waals surface area contributed by atoms with E-state index in [-0.39, 0.29) is 24.4 Å². The van der Waals surface area contributed by atoms with Gasteiger partial charge >= 0.3 is 5.97 Å². The maximum atomic E-state index is 11.6. The van der Waals surface area contributed by atoms with E-state index in [1.165, 1.54) is 0 Å². The van der Waals surface area contributed by atoms with Crippen LogP contribution in [-0.4, -0.2) is 31.6 Å². The summed E-state index contributed by atoms with van der Waals surface area (Å²) in [5.74, 6) is -1.21. The molecule has 0 amide bonds. The molecule has 1 aliphatic rings. The molecule has 0 atom stereocenters. The Bertz CT molecular complexity index is 229. The number of methoxy groups -OCH3 is 1. The van der Waals surface area contributed by atoms with Crippen LogP contribution in [0.5, 0.6) is 0 Å². The first-order chi connectivity index (χ1) is 7.19. The van der Waals surface area contributed by atoms with Gasteiger partial charge in [-0.15, -0.1) is 0 Å². The van der Waals surface area contributed by atoms with Gasteiger partial charge < -0.3 is 9.47 Å². The molecule has 0 aromatic carbocycles. The molecule has 1 aliphatic carbocycles. The Morgan fingerprint density at radius 3 is 2.27 bits per heavy atom. The summed E-state index contributed by atoms with van der Waals surface area (Å²) in [7, 11) is 1.68. The van der Waals surface area contributed by atoms with Crippen LogP contribution in [0.25, 0.3) is 0 Å². The van der Waals surface area contributed by atoms with E-state index in [1.54, 1.807) is 14.0 Å². The van der Waals surface area contributed by atoms with Gasteiger partial charge in [-0.05, 0) is 32.6 Å². The molecule has 86 valence electrons. The number of ether oxygens (including phenoxy) is 2. The quantitative estimate of drug-likeness (QED) is 0.523. The number of carbonyl (C=O) groups excluding carboxylic acids is 2. The Morgan fingerprint density at radius 2 is 1.80 bits per heavy atom. The van der Waals surface area contributed by atoms with E-state index in [9.17, 15) is 9.59 Å². The van der Waals surface area contributed by atoms with Crippen molar-refractivity contribution in [2.45, 2.75) is 38.7 Å². The summed E-state index contributed by atoms with van der Waals surface area (Å²) < 4.78 is 9.89. The lowest BCUT2D eigenvalue weighted by molar-refractivity contribution is -0.156. The minimum absolute atomic E-state index is 0.157. The number of ketones is 1. The Balaban J connectivity index is 2.39. The van der Waals surface area contributed by atoms with E-state index in [1.807, 2.05) is 0 Å². The fraction of sp³-hybridized carbons (Fsp3) is 0.818. The third kappa shape index (κ3) is 3.30. The first kappa shape index (κ1) is 12.2. The molecule has 0 aromatic rings. The summed E-state index contributed by atoms with van der Waals surface area (Å²) in [4.78, 5) is 22.8. The van der Waals surface area contributed by atoms with Crippen LogP contribution in [0.2, 0.25) is 0 Å². The average Bonchev–Trinajstić information content (AvgIpc) is 2.28. The number of hydrogen-bond donors (Lipinski definition) is 0. The molecule has 0 heterocycles. The summed E-state index contributed by atoms with van der Waals surface area (Å²) in [6, 6.07) is 0. The van der Waals surface area contributed by atoms with E-state index in [0.717, 1.165) is 25.7 Å². The zero-order valence-corrected chi connectivity index (χ0v) is 9.32. The molecule has 0 aromatic heterocycles. The average molecular weight is 214 g/mol. The normalized spacial score (nSPS) is 26.0. The van der Waals surface area contributed by atoms with Crippen LogP contribution >= 0.6 is 0 Å². The molecule has 0 radical (unpaired) electrons. The van der Waals surface area contributed by atoms with Gasteiger partial charge in [0.25, 0.3) is 0 Å². The molecule has 0 spiro atoms. The zero-order valence-electron chi connectivity index (χ0n) is 9.32. The van der Waals surface area contributed by atoms with Crippen LogP contribution in [0.15, 0.2) is 0 Å². The molecule has 1 fully saturated rings. The lowest BCUT2D eigenvalue weighted by Gasteiger charge is -2.25. The van der Waals surface area contributed by atoms with E-state index < -0.39 is 5.97 Å². The van der Waals surface area contributed by atoms with Crippen LogP contribution in [0.3, 0.4) is 0 Å². The van der Waals surface area contributed by atoms with Crippen molar-refractivity contribution in [3.8, 4) is 0 Å². The molecular formula is C11H18O4. The third-order valence-corrected chi connectivity index (χ3v) is 2.85. The number of hydrogen-bond acceptors (Lipinski definition) is 4. The number of rotatable bonds is 4. The van der Waals surface area contributed by atoms with Gasteiger partial charge in [0, 0.05) is 13.0 Å². The number of esters is 1. The Hall–Kier alpha value is -0.900. The van der Waals surface area contributed by atoms with Gasteiger partial charge in [-0.1, -0.05) is 0 Å². The standard InChI is InChI=1S/C11H18O4/c1-3-15-11(13)10(12)8-4-6-9(14-2)7-5-8/h8-9H,3-7H2,1-2H3. The lowest BCUT2D eigenvalue weighted by atomic mass is 9.84. The second kappa shape index (κ2) is 5.85. The fourth-order valence-corrected chi connectivity index (χ4v) is 1.93. The van der Waals surface area contributed by atoms with Crippen molar-refractivity contribution in [2.75, 3.05) is 13.7 Å². The highest BCUT2D eigenvalue weighted by atomic mass is 16.5. The van der Waals surface area contributed by atoms with Crippen LogP contribution in [-0.2, 0) is 19.1 Å². The predicted molar refractivity (Wildman–Crippen MR) is 54.4 cm³/mol. The van der Waals surface area contributed by atoms with Gasteiger partial charge in [0.1, 0.15) is 0 Å². The van der Waals surface area contributed by atoms with Gasteiger partial charge in [-0.3, -0.25) is 4.79 Å². The Kier molecular flexibility index (Phi) is 4.75. The smallest absolute Gasteiger partial charge is 0.374 e. The van der Waals surface area contributed by atoms with Gasteiger partial charge in [0.15, 0.2) is 0 Å². The summed E-state index contributed by atoms with van der Waals surface area (Å²) in [5.41, 5.74) is 0. The molecule has 0 unspecified atom stereocenters. The van der Waals surface area contributed by atoms with E-state index in [2.05, 4.69) is 0 Å². The highest BCUT2D eigenvalue weighted by Crippen LogP contribution is 2.26. The maximum Gasteiger partial charge on any atom is 0.374 e. The fourth-order valence-electron chi connectivity index (χ4n) is 1.93. The Morgan fingerprint density at radius 1 is 1.20 bits per heavy atom. The molecule has 0 N–H and O–H groups in total. The SMILES string of the molecule is CCOC(=O)C(=O)C1CCC(OC)CC1. The van der Waals surface area contributed by atoms with Crippen molar-refractivity contribution in [1.29, 1.82) is 0 Å². The van der Waals surface area contributed by atoms with Crippen LogP contribution < -0.4 is 0 Å². The zero-order chi connectivity index (χ0) is 11.3. The summed E-state index contributed by atoms with van der Waals surface area (Å²) in [5, 5.41) is 0. The minimum atomic E-state index is -0.682. The van der Waals surface area contributed by atoms with Crippen molar-refractivity contribution >= 4 is 11.8 Å². The summed E-state index contributed by atoms with van der Waals surface area (Å²) in [6.45, 7) is 1.96. The molecule has 15 heavy (non-hydrogen) atoms. The summed E-state index contributed by atoms with van der Waals surface area (Å²) in [6.07, 6.45) is 3.42. The second-order valence-corrected chi connectivity index (χ2v) is 3.79. The van der Waals surface area contributed by atoms with Crippen molar-refractivity contribution in [2.24, 2.45) is 5.92 Å². The Labute approximate surface area is 89.9 Å². The maximum absolute atomic E-state index is 11.6. The second-order valence-electron chi connectivity index (χ2n) is 3.79. The predicted octanol–water partition coefficient (Wildman–Crippen LogP) is 1.32. The van der Waals surface area contributed by atoms with Crippen molar-refractivity contribution in [3.05, 3.63) is 0 Å². The van der Waals surface area contributed by atoms with Crippen LogP contribution in [0.4, 0.5) is 0 Å². The van der Waals surface area contributed by atoms with E-state index >= 15 is 0 Å². The topological polar surface area (TPSA) is 52.6 Å². The number of carbonyl (C=O) groups is 2. The first-order valence-electron chi connectivity index (χ1n) is 5.42. The molecule has 0 saturated heterocycles. The van der Waals surface area contributed by atoms with Crippen molar-refractivity contribution in [3.63, 3.8) is 0 Å². The largest absolute Gasteiger partial charge is 0.460 e. The number of Topliss-reactive ketones (excluding diaryl/α,β-unsaturated/α-hetero) is 1. The molecule has 1 rings (SSSR count). The monoisotopic (exact) mass is 214 g/mol. The van der Waals surface area contributed by atoms with Gasteiger partial charge in [-0.25, -0.2) is 4.79 Å². The highest BCUT2D eigenvalue weighted by molar-refractivity contribution is 6.34. The van der Waals surface area contributed by atoms with E-state index in [4.69, 9.17) is 9.47 Å². The molecule has 0 aliphatic heterocycles. The van der Waals surface area contributed by atoms with Crippen LogP contribution in [0, 0.1) is 5.92 Å². The van der Waals surface area contributed by atoms with E-state index in [0.29, 0.717) is 0 Å². The minimum Gasteiger partial charge on any atom is -0.460 e. The van der Waals surface area contributed by atoms with Crippen molar-refractivity contribution < 1.29 is 19.1 Å². The first-order valence-corrected chi connectivity index (χ1v) is 5.42. The lowest BCUT2D eigenvalue weighted by Crippen LogP contribution is -2.31. The molecule has 1 saturated carbocycles. The van der Waals surface area contributed by atoms with Gasteiger partial charge in [0.05, 0.1) is 12.7 Å².